The van der Waals surface area contributed by atoms with Crippen LogP contribution in [0.1, 0.15) is 13.8 Å². The van der Waals surface area contributed by atoms with Gasteiger partial charge < -0.3 is 24.8 Å². The minimum absolute atomic E-state index is 0. The van der Waals surface area contributed by atoms with Gasteiger partial charge in [-0.05, 0) is 19.1 Å². The van der Waals surface area contributed by atoms with Gasteiger partial charge in [-0.2, -0.15) is 0 Å². The fourth-order valence-corrected chi connectivity index (χ4v) is 1.87. The predicted molar refractivity (Wildman–Crippen MR) is 106 cm³/mol. The molecule has 1 rings (SSSR count). The Balaban J connectivity index is 0.00000529. The number of carbonyl (C=O) groups excluding carboxylic acids is 1. The molecule has 0 aliphatic heterocycles. The molecule has 0 amide bonds. The predicted octanol–water partition coefficient (Wildman–Crippen LogP) is 2.51. The summed E-state index contributed by atoms with van der Waals surface area (Å²) >= 11 is 0. The molecule has 2 N–H and O–H groups in total. The lowest BCUT2D eigenvalue weighted by Gasteiger charge is -2.16. The molecule has 8 heteroatoms. The molecule has 1 aromatic rings. The minimum atomic E-state index is -0.270. The monoisotopic (exact) mass is 451 g/mol. The summed E-state index contributed by atoms with van der Waals surface area (Å²) in [6.07, 6.45) is 0. The van der Waals surface area contributed by atoms with Crippen molar-refractivity contribution in [3.63, 3.8) is 0 Å². The van der Waals surface area contributed by atoms with Gasteiger partial charge in [0.25, 0.3) is 0 Å². The van der Waals surface area contributed by atoms with E-state index in [4.69, 9.17) is 14.2 Å². The van der Waals surface area contributed by atoms with E-state index in [9.17, 15) is 4.79 Å². The third-order valence-electron chi connectivity index (χ3n) is 3.13. The highest BCUT2D eigenvalue weighted by molar-refractivity contribution is 14.0. The average molecular weight is 451 g/mol. The Bertz CT molecular complexity index is 552. The van der Waals surface area contributed by atoms with Gasteiger partial charge in [-0.25, -0.2) is 0 Å². The number of nitrogens with one attached hydrogen (secondary N) is 2. The second-order valence-electron chi connectivity index (χ2n) is 4.80. The van der Waals surface area contributed by atoms with Gasteiger partial charge in [-0.3, -0.25) is 9.79 Å². The second-order valence-corrected chi connectivity index (χ2v) is 4.80. The van der Waals surface area contributed by atoms with Crippen molar-refractivity contribution >= 4 is 41.6 Å². The largest absolute Gasteiger partial charge is 0.493 e. The highest BCUT2D eigenvalue weighted by Gasteiger charge is 2.13. The third-order valence-corrected chi connectivity index (χ3v) is 3.13. The van der Waals surface area contributed by atoms with Crippen LogP contribution < -0.4 is 20.1 Å². The number of methoxy groups -OCH3 is 2. The van der Waals surface area contributed by atoms with Gasteiger partial charge in [0.05, 0.1) is 26.7 Å². The van der Waals surface area contributed by atoms with E-state index in [1.807, 2.05) is 25.1 Å². The normalized spacial score (nSPS) is 11.8. The Labute approximate surface area is 160 Å². The van der Waals surface area contributed by atoms with Gasteiger partial charge in [-0.15, -0.1) is 24.0 Å². The molecule has 0 aromatic heterocycles. The third kappa shape index (κ3) is 6.81. The number of anilines is 1. The zero-order valence-corrected chi connectivity index (χ0v) is 17.0. The van der Waals surface area contributed by atoms with Gasteiger partial charge in [0.15, 0.2) is 17.5 Å². The standard InChI is InChI=1S/C16H25N3O4.HI/c1-6-23-13-8-7-12(9-14(13)21-4)19-16(17-3)18-10-11(2)15(20)22-5;/h7-9,11H,6,10H2,1-5H3,(H2,17,18,19);1H. The van der Waals surface area contributed by atoms with Gasteiger partial charge in [0.2, 0.25) is 0 Å². The first-order chi connectivity index (χ1) is 11.0. The summed E-state index contributed by atoms with van der Waals surface area (Å²) in [6.45, 7) is 4.68. The molecule has 0 saturated heterocycles. The van der Waals surface area contributed by atoms with E-state index in [-0.39, 0.29) is 35.9 Å². The first kappa shape index (κ1) is 22.3. The van der Waals surface area contributed by atoms with Crippen molar-refractivity contribution in [2.24, 2.45) is 10.9 Å². The SMILES string of the molecule is CCOc1ccc(NC(=NC)NCC(C)C(=O)OC)cc1OC.I. The maximum absolute atomic E-state index is 11.4. The molecule has 0 saturated carbocycles. The van der Waals surface area contributed by atoms with Crippen molar-refractivity contribution in [3.8, 4) is 11.5 Å². The summed E-state index contributed by atoms with van der Waals surface area (Å²) in [5.41, 5.74) is 0.795. The number of halogens is 1. The molecule has 0 aliphatic carbocycles. The fourth-order valence-electron chi connectivity index (χ4n) is 1.87. The average Bonchev–Trinajstić information content (AvgIpc) is 2.58. The van der Waals surface area contributed by atoms with E-state index in [0.717, 1.165) is 5.69 Å². The van der Waals surface area contributed by atoms with E-state index in [2.05, 4.69) is 15.6 Å². The van der Waals surface area contributed by atoms with Crippen molar-refractivity contribution in [2.75, 3.05) is 39.7 Å². The molecule has 136 valence electrons. The molecule has 0 bridgehead atoms. The highest BCUT2D eigenvalue weighted by atomic mass is 127. The van der Waals surface area contributed by atoms with Crippen molar-refractivity contribution in [2.45, 2.75) is 13.8 Å². The number of hydrogen-bond donors (Lipinski definition) is 2. The number of ether oxygens (including phenoxy) is 3. The van der Waals surface area contributed by atoms with Crippen LogP contribution in [-0.2, 0) is 9.53 Å². The van der Waals surface area contributed by atoms with Gasteiger partial charge >= 0.3 is 5.97 Å². The molecule has 0 spiro atoms. The van der Waals surface area contributed by atoms with Crippen LogP contribution in [0.25, 0.3) is 0 Å². The van der Waals surface area contributed by atoms with Crippen LogP contribution in [0.15, 0.2) is 23.2 Å². The number of esters is 1. The minimum Gasteiger partial charge on any atom is -0.493 e. The van der Waals surface area contributed by atoms with Crippen molar-refractivity contribution in [1.29, 1.82) is 0 Å². The smallest absolute Gasteiger partial charge is 0.310 e. The maximum Gasteiger partial charge on any atom is 0.310 e. The zero-order valence-electron chi connectivity index (χ0n) is 14.7. The molecule has 1 aromatic carbocycles. The van der Waals surface area contributed by atoms with Crippen LogP contribution in [0.2, 0.25) is 0 Å². The van der Waals surface area contributed by atoms with Crippen LogP contribution in [0, 0.1) is 5.92 Å². The Morgan fingerprint density at radius 2 is 2.00 bits per heavy atom. The molecule has 0 heterocycles. The molecule has 24 heavy (non-hydrogen) atoms. The van der Waals surface area contributed by atoms with E-state index < -0.39 is 0 Å². The molecule has 1 atom stereocenters. The van der Waals surface area contributed by atoms with Crippen LogP contribution >= 0.6 is 24.0 Å². The Kier molecular flexibility index (Phi) is 10.9. The molecule has 7 nitrogen and oxygen atoms in total. The molecule has 1 unspecified atom stereocenters. The lowest BCUT2D eigenvalue weighted by Crippen LogP contribution is -2.36. The highest BCUT2D eigenvalue weighted by Crippen LogP contribution is 2.30. The quantitative estimate of drug-likeness (QED) is 0.287. The molecular weight excluding hydrogens is 425 g/mol. The summed E-state index contributed by atoms with van der Waals surface area (Å²) in [5, 5.41) is 6.21. The first-order valence-electron chi connectivity index (χ1n) is 7.42. The van der Waals surface area contributed by atoms with Gasteiger partial charge in [0, 0.05) is 25.3 Å². The van der Waals surface area contributed by atoms with Gasteiger partial charge in [0.1, 0.15) is 0 Å². The summed E-state index contributed by atoms with van der Waals surface area (Å²) in [4.78, 5) is 15.5. The zero-order chi connectivity index (χ0) is 17.2. The molecular formula is C16H26IN3O4. The summed E-state index contributed by atoms with van der Waals surface area (Å²) in [6, 6.07) is 5.51. The topological polar surface area (TPSA) is 81.2 Å². The first-order valence-corrected chi connectivity index (χ1v) is 7.42. The van der Waals surface area contributed by atoms with Crippen LogP contribution in [-0.4, -0.2) is 46.3 Å². The molecule has 0 fully saturated rings. The molecule has 0 aliphatic rings. The number of guanidine groups is 1. The fraction of sp³-hybridized carbons (Fsp3) is 0.500. The summed E-state index contributed by atoms with van der Waals surface area (Å²) in [7, 11) is 4.62. The van der Waals surface area contributed by atoms with Crippen LogP contribution in [0.3, 0.4) is 0 Å². The van der Waals surface area contributed by atoms with Crippen molar-refractivity contribution < 1.29 is 19.0 Å². The van der Waals surface area contributed by atoms with E-state index in [1.165, 1.54) is 7.11 Å². The van der Waals surface area contributed by atoms with Crippen molar-refractivity contribution in [3.05, 3.63) is 18.2 Å². The van der Waals surface area contributed by atoms with E-state index in [0.29, 0.717) is 30.6 Å². The second kappa shape index (κ2) is 11.8. The lowest BCUT2D eigenvalue weighted by molar-refractivity contribution is -0.144. The number of carbonyl (C=O) groups is 1. The van der Waals surface area contributed by atoms with Crippen molar-refractivity contribution in [1.82, 2.24) is 5.32 Å². The number of rotatable bonds is 7. The number of nitrogens with zero attached hydrogens (tertiary/aromatic N) is 1. The van der Waals surface area contributed by atoms with Gasteiger partial charge in [-0.1, -0.05) is 6.92 Å². The number of hydrogen-bond acceptors (Lipinski definition) is 5. The van der Waals surface area contributed by atoms with Crippen LogP contribution in [0.5, 0.6) is 11.5 Å². The van der Waals surface area contributed by atoms with Crippen LogP contribution in [0.4, 0.5) is 5.69 Å². The summed E-state index contributed by atoms with van der Waals surface area (Å²) in [5.74, 6) is 1.33. The van der Waals surface area contributed by atoms with E-state index in [1.54, 1.807) is 21.1 Å². The molecule has 0 radical (unpaired) electrons. The maximum atomic E-state index is 11.4. The van der Waals surface area contributed by atoms with E-state index >= 15 is 0 Å². The summed E-state index contributed by atoms with van der Waals surface area (Å²) < 4.78 is 15.5. The lowest BCUT2D eigenvalue weighted by atomic mass is 10.2. The Hall–Kier alpha value is -1.71. The Morgan fingerprint density at radius 3 is 2.54 bits per heavy atom. The number of aliphatic imine (C=N–C) groups is 1. The Morgan fingerprint density at radius 1 is 1.29 bits per heavy atom. The number of benzene rings is 1.